The molecule has 0 radical (unpaired) electrons. The van der Waals surface area contributed by atoms with Gasteiger partial charge in [-0.25, -0.2) is 0 Å². The van der Waals surface area contributed by atoms with Gasteiger partial charge in [-0.1, -0.05) is 60.7 Å². The van der Waals surface area contributed by atoms with Crippen molar-refractivity contribution in [3.63, 3.8) is 0 Å². The number of halogens is 1. The average Bonchev–Trinajstić information content (AvgIpc) is 3.79. The van der Waals surface area contributed by atoms with E-state index in [9.17, 15) is 19.2 Å². The van der Waals surface area contributed by atoms with E-state index in [1.54, 1.807) is 73.1 Å². The summed E-state index contributed by atoms with van der Waals surface area (Å²) in [6.07, 6.45) is 6.37. The molecule has 0 saturated carbocycles. The molecular weight excluding hydrogens is 620 g/mol. The van der Waals surface area contributed by atoms with E-state index in [1.165, 1.54) is 0 Å². The first-order valence-corrected chi connectivity index (χ1v) is 15.4. The number of carbonyl (C=O) groups excluding carboxylic acids is 4. The normalized spacial score (nSPS) is 11.1. The number of hydrogen-bond donors (Lipinski definition) is 0. The molecule has 4 aromatic rings. The van der Waals surface area contributed by atoms with Crippen LogP contribution >= 0.6 is 11.6 Å². The second-order valence-electron chi connectivity index (χ2n) is 9.79. The second-order valence-corrected chi connectivity index (χ2v) is 10.1. The standard InChI is InChI=1S/C18H18N2O3.C11H14N2O2.C7H5ClO/c1-2-23-18(22)15(13-19)10-12-20-11-6-9-16(20)17(21)14-7-4-3-5-8-14;1-2-15-11(14)10(9-12)5-8-13-6-3-4-7-13;8-7(9)6-4-2-1-3-5-6/h3-9,11,15H,2,10,12H2,1H3;3-4,6-7,10H,2,5,8H2,1H3;1-5H. The summed E-state index contributed by atoms with van der Waals surface area (Å²) in [5.74, 6) is -2.50. The van der Waals surface area contributed by atoms with Crippen LogP contribution < -0.4 is 0 Å². The Morgan fingerprint density at radius 3 is 1.62 bits per heavy atom. The first kappa shape index (κ1) is 37.7. The molecule has 0 amide bonds. The Morgan fingerprint density at radius 2 is 1.17 bits per heavy atom. The number of ketones is 1. The molecular formula is C36H37ClN4O6. The average molecular weight is 657 g/mol. The highest BCUT2D eigenvalue weighted by molar-refractivity contribution is 6.67. The van der Waals surface area contributed by atoms with E-state index < -0.39 is 29.0 Å². The molecule has 0 spiro atoms. The SMILES string of the molecule is CCOC(=O)C(C#N)CCn1cccc1.CCOC(=O)C(C#N)CCn1cccc1C(=O)c1ccccc1.O=C(Cl)c1ccccc1. The van der Waals surface area contributed by atoms with Crippen molar-refractivity contribution < 1.29 is 28.7 Å². The fourth-order valence-corrected chi connectivity index (χ4v) is 4.27. The summed E-state index contributed by atoms with van der Waals surface area (Å²) >= 11 is 5.16. The van der Waals surface area contributed by atoms with Crippen LogP contribution in [0.2, 0.25) is 0 Å². The van der Waals surface area contributed by atoms with Gasteiger partial charge in [0.05, 0.1) is 31.0 Å². The van der Waals surface area contributed by atoms with E-state index in [2.05, 4.69) is 0 Å². The van der Waals surface area contributed by atoms with Crippen molar-refractivity contribution >= 4 is 34.6 Å². The van der Waals surface area contributed by atoms with Crippen LogP contribution in [0.1, 0.15) is 53.1 Å². The number of carbonyl (C=O) groups is 4. The minimum absolute atomic E-state index is 0.0831. The number of benzene rings is 2. The molecule has 0 N–H and O–H groups in total. The van der Waals surface area contributed by atoms with Gasteiger partial charge in [-0.3, -0.25) is 19.2 Å². The Hall–Kier alpha value is -5.45. The third-order valence-corrected chi connectivity index (χ3v) is 6.77. The van der Waals surface area contributed by atoms with Crippen LogP contribution in [-0.4, -0.2) is 45.3 Å². The minimum Gasteiger partial charge on any atom is -0.465 e. The Bertz CT molecular complexity index is 1620. The molecule has 2 heterocycles. The quantitative estimate of drug-likeness (QED) is 0.0906. The molecule has 0 saturated heterocycles. The lowest BCUT2D eigenvalue weighted by atomic mass is 10.1. The summed E-state index contributed by atoms with van der Waals surface area (Å²) in [4.78, 5) is 45.8. The van der Waals surface area contributed by atoms with E-state index in [4.69, 9.17) is 31.6 Å². The Balaban J connectivity index is 0.000000273. The van der Waals surface area contributed by atoms with Crippen molar-refractivity contribution in [2.24, 2.45) is 11.8 Å². The largest absolute Gasteiger partial charge is 0.465 e. The van der Waals surface area contributed by atoms with Crippen molar-refractivity contribution in [3.05, 3.63) is 120 Å². The topological polar surface area (TPSA) is 144 Å². The maximum Gasteiger partial charge on any atom is 0.323 e. The maximum absolute atomic E-state index is 12.5. The molecule has 0 aliphatic carbocycles. The molecule has 244 valence electrons. The molecule has 2 atom stereocenters. The van der Waals surface area contributed by atoms with Gasteiger partial charge in [0.2, 0.25) is 5.78 Å². The monoisotopic (exact) mass is 656 g/mol. The summed E-state index contributed by atoms with van der Waals surface area (Å²) in [5, 5.41) is 17.5. The molecule has 0 fully saturated rings. The van der Waals surface area contributed by atoms with Crippen molar-refractivity contribution in [1.29, 1.82) is 10.5 Å². The second kappa shape index (κ2) is 21.3. The molecule has 11 heteroatoms. The van der Waals surface area contributed by atoms with E-state index in [1.807, 2.05) is 65.5 Å². The summed E-state index contributed by atoms with van der Waals surface area (Å²) in [6, 6.07) is 29.0. The van der Waals surface area contributed by atoms with Crippen molar-refractivity contribution in [2.45, 2.75) is 39.8 Å². The van der Waals surface area contributed by atoms with Crippen LogP contribution in [0.25, 0.3) is 0 Å². The van der Waals surface area contributed by atoms with Crippen molar-refractivity contribution in [1.82, 2.24) is 9.13 Å². The summed E-state index contributed by atoms with van der Waals surface area (Å²) in [7, 11) is 0. The lowest BCUT2D eigenvalue weighted by Crippen LogP contribution is -2.19. The number of rotatable bonds is 13. The molecule has 2 aromatic carbocycles. The van der Waals surface area contributed by atoms with Crippen LogP contribution in [0, 0.1) is 34.5 Å². The summed E-state index contributed by atoms with van der Waals surface area (Å²) < 4.78 is 13.4. The van der Waals surface area contributed by atoms with Gasteiger partial charge in [-0.05, 0) is 62.6 Å². The Kier molecular flexibility index (Phi) is 17.1. The third-order valence-electron chi connectivity index (χ3n) is 6.55. The van der Waals surface area contributed by atoms with Crippen LogP contribution in [0.5, 0.6) is 0 Å². The number of aryl methyl sites for hydroxylation is 2. The van der Waals surface area contributed by atoms with E-state index in [0.29, 0.717) is 49.4 Å². The molecule has 4 rings (SSSR count). The highest BCUT2D eigenvalue weighted by atomic mass is 35.5. The third kappa shape index (κ3) is 13.2. The van der Waals surface area contributed by atoms with Crippen molar-refractivity contribution in [2.75, 3.05) is 13.2 Å². The number of hydrogen-bond acceptors (Lipinski definition) is 8. The van der Waals surface area contributed by atoms with Crippen LogP contribution in [0.15, 0.2) is 104 Å². The van der Waals surface area contributed by atoms with Crippen molar-refractivity contribution in [3.8, 4) is 12.1 Å². The van der Waals surface area contributed by atoms with Gasteiger partial charge in [-0.2, -0.15) is 10.5 Å². The van der Waals surface area contributed by atoms with E-state index >= 15 is 0 Å². The Morgan fingerprint density at radius 1 is 0.681 bits per heavy atom. The number of esters is 2. The zero-order chi connectivity index (χ0) is 34.4. The predicted molar refractivity (Wildman–Crippen MR) is 176 cm³/mol. The molecule has 0 bridgehead atoms. The number of aromatic nitrogens is 2. The smallest absolute Gasteiger partial charge is 0.323 e. The van der Waals surface area contributed by atoms with Gasteiger partial charge in [-0.15, -0.1) is 0 Å². The predicted octanol–water partition coefficient (Wildman–Crippen LogP) is 6.46. The van der Waals surface area contributed by atoms with Crippen LogP contribution in [0.3, 0.4) is 0 Å². The summed E-state index contributed by atoms with van der Waals surface area (Å²) in [6.45, 7) is 5.06. The first-order chi connectivity index (χ1) is 22.7. The number of nitriles is 2. The van der Waals surface area contributed by atoms with Crippen LogP contribution in [-0.2, 0) is 32.2 Å². The van der Waals surface area contributed by atoms with Crippen LogP contribution in [0.4, 0.5) is 0 Å². The highest BCUT2D eigenvalue weighted by Gasteiger charge is 2.21. The van der Waals surface area contributed by atoms with Gasteiger partial charge in [0.1, 0.15) is 11.8 Å². The zero-order valence-electron chi connectivity index (χ0n) is 26.3. The molecule has 2 aromatic heterocycles. The molecule has 47 heavy (non-hydrogen) atoms. The zero-order valence-corrected chi connectivity index (χ0v) is 27.1. The first-order valence-electron chi connectivity index (χ1n) is 15.0. The van der Waals surface area contributed by atoms with Gasteiger partial charge >= 0.3 is 11.9 Å². The Labute approximate surface area is 279 Å². The lowest BCUT2D eigenvalue weighted by Gasteiger charge is -2.11. The minimum atomic E-state index is -0.822. The fourth-order valence-electron chi connectivity index (χ4n) is 4.14. The number of ether oxygens (including phenoxy) is 2. The van der Waals surface area contributed by atoms with Gasteiger partial charge in [0.15, 0.2) is 0 Å². The molecule has 10 nitrogen and oxygen atoms in total. The van der Waals surface area contributed by atoms with Gasteiger partial charge in [0, 0.05) is 42.8 Å². The van der Waals surface area contributed by atoms with Gasteiger partial charge < -0.3 is 18.6 Å². The van der Waals surface area contributed by atoms with E-state index in [-0.39, 0.29) is 12.4 Å². The fraction of sp³-hybridized carbons (Fsp3) is 0.278. The maximum atomic E-state index is 12.5. The van der Waals surface area contributed by atoms with Gasteiger partial charge in [0.25, 0.3) is 5.24 Å². The number of nitrogens with zero attached hydrogens (tertiary/aromatic N) is 4. The highest BCUT2D eigenvalue weighted by Crippen LogP contribution is 2.14. The summed E-state index contributed by atoms with van der Waals surface area (Å²) in [5.41, 5.74) is 1.69. The molecule has 0 aliphatic rings. The lowest BCUT2D eigenvalue weighted by molar-refractivity contribution is -0.147. The van der Waals surface area contributed by atoms with E-state index in [0.717, 1.165) is 0 Å². The molecule has 0 aliphatic heterocycles. The molecule has 2 unspecified atom stereocenters.